The number of hydrogen-bond acceptors (Lipinski definition) is 4. The highest BCUT2D eigenvalue weighted by Gasteiger charge is 2.16. The smallest absolute Gasteiger partial charge is 0.186 e. The van der Waals surface area contributed by atoms with Crippen LogP contribution in [0.5, 0.6) is 0 Å². The van der Waals surface area contributed by atoms with E-state index in [-0.39, 0.29) is 12.2 Å². The molecule has 0 aliphatic carbocycles. The minimum Gasteiger partial charge on any atom is -0.292 e. The van der Waals surface area contributed by atoms with E-state index in [2.05, 4.69) is 0 Å². The minimum absolute atomic E-state index is 0.00648. The molecule has 72 valence electrons. The van der Waals surface area contributed by atoms with Gasteiger partial charge in [-0.2, -0.15) is 17.0 Å². The number of nitrogens with zero attached hydrogens (tertiary/aromatic N) is 1. The molecule has 1 aromatic rings. The summed E-state index contributed by atoms with van der Waals surface area (Å²) in [5.74, 6) is 2.14. The lowest BCUT2D eigenvalue weighted by atomic mass is 10.2. The highest BCUT2D eigenvalue weighted by molar-refractivity contribution is 7.98. The molecule has 1 aliphatic rings. The summed E-state index contributed by atoms with van der Waals surface area (Å²) in [4.78, 5) is 13.5. The zero-order valence-electron chi connectivity index (χ0n) is 7.58. The number of hydrogen-bond donors (Lipinski definition) is 0. The second-order valence-electron chi connectivity index (χ2n) is 3.12. The second-order valence-corrected chi connectivity index (χ2v) is 5.36. The first-order valence-electron chi connectivity index (χ1n) is 4.40. The maximum atomic E-state index is 11.4. The van der Waals surface area contributed by atoms with Gasteiger partial charge in [0.25, 0.3) is 0 Å². The van der Waals surface area contributed by atoms with E-state index in [0.717, 1.165) is 22.8 Å². The van der Waals surface area contributed by atoms with Crippen molar-refractivity contribution in [2.45, 2.75) is 18.6 Å². The van der Waals surface area contributed by atoms with Crippen molar-refractivity contribution in [1.29, 1.82) is 5.26 Å². The first kappa shape index (κ1) is 9.75. The summed E-state index contributed by atoms with van der Waals surface area (Å²) in [5.41, 5.74) is 1.30. The van der Waals surface area contributed by atoms with Crippen molar-refractivity contribution >= 4 is 28.9 Å². The lowest BCUT2D eigenvalue weighted by molar-refractivity contribution is 0.100. The van der Waals surface area contributed by atoms with Crippen LogP contribution in [0.1, 0.15) is 26.5 Å². The van der Waals surface area contributed by atoms with Gasteiger partial charge in [-0.25, -0.2) is 0 Å². The highest BCUT2D eigenvalue weighted by atomic mass is 32.2. The van der Waals surface area contributed by atoms with Gasteiger partial charge in [0.15, 0.2) is 5.78 Å². The Balaban J connectivity index is 2.24. The Bertz CT molecular complexity index is 379. The summed E-state index contributed by atoms with van der Waals surface area (Å²) in [6.07, 6.45) is 1.08. The lowest BCUT2D eigenvalue weighted by Crippen LogP contribution is -1.96. The van der Waals surface area contributed by atoms with Crippen LogP contribution in [0.15, 0.2) is 6.07 Å². The van der Waals surface area contributed by atoms with E-state index in [1.807, 2.05) is 23.9 Å². The fourth-order valence-corrected chi connectivity index (χ4v) is 3.75. The van der Waals surface area contributed by atoms with Gasteiger partial charge in [0.05, 0.1) is 17.4 Å². The average Bonchev–Trinajstić information content (AvgIpc) is 2.61. The normalized spacial score (nSPS) is 14.5. The van der Waals surface area contributed by atoms with Crippen LogP contribution in [-0.2, 0) is 12.2 Å². The predicted octanol–water partition coefficient (Wildman–Crippen LogP) is 2.63. The van der Waals surface area contributed by atoms with Crippen LogP contribution in [0.4, 0.5) is 0 Å². The Morgan fingerprint density at radius 2 is 2.50 bits per heavy atom. The van der Waals surface area contributed by atoms with Gasteiger partial charge in [-0.1, -0.05) is 0 Å². The molecule has 0 bridgehead atoms. The third-order valence-corrected chi connectivity index (χ3v) is 4.43. The van der Waals surface area contributed by atoms with E-state index in [1.165, 1.54) is 10.4 Å². The van der Waals surface area contributed by atoms with Crippen molar-refractivity contribution in [3.8, 4) is 6.07 Å². The number of thiophene rings is 1. The third-order valence-electron chi connectivity index (χ3n) is 2.14. The number of aryl methyl sites for hydroxylation is 1. The summed E-state index contributed by atoms with van der Waals surface area (Å²) in [6, 6.07) is 3.86. The maximum Gasteiger partial charge on any atom is 0.186 e. The zero-order valence-corrected chi connectivity index (χ0v) is 9.21. The molecule has 0 N–H and O–H groups in total. The number of thioether (sulfide) groups is 1. The Labute approximate surface area is 90.9 Å². The molecule has 0 atom stereocenters. The van der Waals surface area contributed by atoms with Crippen molar-refractivity contribution in [3.05, 3.63) is 21.4 Å². The molecule has 2 heterocycles. The lowest BCUT2D eigenvalue weighted by Gasteiger charge is -2.08. The van der Waals surface area contributed by atoms with Gasteiger partial charge in [-0.3, -0.25) is 4.79 Å². The van der Waals surface area contributed by atoms with Crippen LogP contribution in [-0.4, -0.2) is 11.5 Å². The Hall–Kier alpha value is -0.790. The number of carbonyl (C=O) groups is 1. The van der Waals surface area contributed by atoms with Crippen molar-refractivity contribution in [2.75, 3.05) is 5.75 Å². The molecule has 0 amide bonds. The largest absolute Gasteiger partial charge is 0.292 e. The number of carbonyl (C=O) groups excluding carboxylic acids is 1. The molecule has 0 unspecified atom stereocenters. The molecule has 14 heavy (non-hydrogen) atoms. The number of ketones is 1. The molecule has 4 heteroatoms. The summed E-state index contributed by atoms with van der Waals surface area (Å²) >= 11 is 3.48. The van der Waals surface area contributed by atoms with Crippen molar-refractivity contribution in [2.24, 2.45) is 0 Å². The van der Waals surface area contributed by atoms with E-state index in [9.17, 15) is 4.79 Å². The number of rotatable bonds is 2. The molecule has 1 aliphatic heterocycles. The Morgan fingerprint density at radius 3 is 3.21 bits per heavy atom. The van der Waals surface area contributed by atoms with Gasteiger partial charge in [0.2, 0.25) is 0 Å². The molecule has 0 saturated heterocycles. The molecule has 0 radical (unpaired) electrons. The average molecular weight is 223 g/mol. The first-order chi connectivity index (χ1) is 6.81. The van der Waals surface area contributed by atoms with Crippen LogP contribution < -0.4 is 0 Å². The van der Waals surface area contributed by atoms with Gasteiger partial charge in [-0.15, -0.1) is 11.3 Å². The van der Waals surface area contributed by atoms with E-state index < -0.39 is 0 Å². The third kappa shape index (κ3) is 1.84. The monoisotopic (exact) mass is 223 g/mol. The quantitative estimate of drug-likeness (QED) is 0.724. The molecule has 2 rings (SSSR count). The molecule has 0 fully saturated rings. The van der Waals surface area contributed by atoms with Crippen molar-refractivity contribution < 1.29 is 4.79 Å². The first-order valence-corrected chi connectivity index (χ1v) is 6.38. The topological polar surface area (TPSA) is 40.9 Å². The molecule has 2 nitrogen and oxygen atoms in total. The summed E-state index contributed by atoms with van der Waals surface area (Å²) in [5, 5.41) is 8.43. The van der Waals surface area contributed by atoms with Crippen LogP contribution in [0.3, 0.4) is 0 Å². The fraction of sp³-hybridized carbons (Fsp3) is 0.400. The number of Topliss-reactive ketones (excluding diaryl/α,β-unsaturated/α-hetero) is 1. The van der Waals surface area contributed by atoms with Crippen LogP contribution in [0, 0.1) is 11.3 Å². The van der Waals surface area contributed by atoms with E-state index in [1.54, 1.807) is 11.3 Å². The van der Waals surface area contributed by atoms with E-state index in [4.69, 9.17) is 5.26 Å². The summed E-state index contributed by atoms with van der Waals surface area (Å²) in [7, 11) is 0. The standard InChI is InChI=1S/C10H9NOS2/c11-3-1-8(12)10-5-7-6-13-4-2-9(7)14-10/h5H,1-2,4,6H2. The molecule has 0 saturated carbocycles. The van der Waals surface area contributed by atoms with Crippen LogP contribution in [0.2, 0.25) is 0 Å². The molecular formula is C10H9NOS2. The second kappa shape index (κ2) is 4.16. The number of nitriles is 1. The van der Waals surface area contributed by atoms with E-state index >= 15 is 0 Å². The highest BCUT2D eigenvalue weighted by Crippen LogP contribution is 2.32. The Kier molecular flexibility index (Phi) is 2.90. The summed E-state index contributed by atoms with van der Waals surface area (Å²) in [6.45, 7) is 0. The van der Waals surface area contributed by atoms with Crippen LogP contribution >= 0.6 is 23.1 Å². The van der Waals surface area contributed by atoms with Crippen molar-refractivity contribution in [3.63, 3.8) is 0 Å². The van der Waals surface area contributed by atoms with Gasteiger partial charge in [-0.05, 0) is 23.8 Å². The van der Waals surface area contributed by atoms with Gasteiger partial charge in [0, 0.05) is 10.6 Å². The zero-order chi connectivity index (χ0) is 9.97. The van der Waals surface area contributed by atoms with Crippen molar-refractivity contribution in [1.82, 2.24) is 0 Å². The minimum atomic E-state index is -0.0306. The molecule has 1 aromatic heterocycles. The van der Waals surface area contributed by atoms with Gasteiger partial charge < -0.3 is 0 Å². The molecular weight excluding hydrogens is 214 g/mol. The Morgan fingerprint density at radius 1 is 1.64 bits per heavy atom. The maximum absolute atomic E-state index is 11.4. The molecule has 0 aromatic carbocycles. The molecule has 0 spiro atoms. The SMILES string of the molecule is N#CCC(=O)c1cc2c(s1)CCSC2. The van der Waals surface area contributed by atoms with Gasteiger partial charge in [0.1, 0.15) is 0 Å². The predicted molar refractivity (Wildman–Crippen MR) is 58.7 cm³/mol. The number of fused-ring (bicyclic) bond motifs is 1. The fourth-order valence-electron chi connectivity index (χ4n) is 1.44. The van der Waals surface area contributed by atoms with Crippen LogP contribution in [0.25, 0.3) is 0 Å². The van der Waals surface area contributed by atoms with E-state index in [0.29, 0.717) is 0 Å². The van der Waals surface area contributed by atoms with Gasteiger partial charge >= 0.3 is 0 Å². The summed E-state index contributed by atoms with van der Waals surface area (Å²) < 4.78 is 0.